The molecule has 0 saturated carbocycles. The molecule has 0 N–H and O–H groups in total. The number of carboxylic acids is 1. The van der Waals surface area contributed by atoms with E-state index in [4.69, 9.17) is 9.90 Å². The summed E-state index contributed by atoms with van der Waals surface area (Å²) in [5.74, 6) is -0.674. The zero-order valence-corrected chi connectivity index (χ0v) is 11.8. The molecule has 0 radical (unpaired) electrons. The van der Waals surface area contributed by atoms with Crippen LogP contribution in [-0.2, 0) is 9.59 Å². The van der Waals surface area contributed by atoms with Crippen molar-refractivity contribution in [1.29, 1.82) is 0 Å². The Morgan fingerprint density at radius 3 is 1.56 bits per heavy atom. The Hall–Kier alpha value is 0.0748. The van der Waals surface area contributed by atoms with Gasteiger partial charge in [0.05, 0.1) is 5.97 Å². The number of ketones is 1. The van der Waals surface area contributed by atoms with Crippen LogP contribution in [0.25, 0.3) is 0 Å². The predicted octanol–water partition coefficient (Wildman–Crippen LogP) is -4.42. The number of aliphatic carboxylic acids is 1. The van der Waals surface area contributed by atoms with E-state index in [0.29, 0.717) is 5.78 Å². The summed E-state index contributed by atoms with van der Waals surface area (Å²) in [5.41, 5.74) is 0. The number of carboxylic acid groups (broad SMARTS) is 1. The summed E-state index contributed by atoms with van der Waals surface area (Å²) < 4.78 is 0. The van der Waals surface area contributed by atoms with Gasteiger partial charge in [-0.25, -0.2) is 0 Å². The summed E-state index contributed by atoms with van der Waals surface area (Å²) in [5, 5.41) is 9.14. The molecule has 16 heavy (non-hydrogen) atoms. The van der Waals surface area contributed by atoms with Gasteiger partial charge in [0.25, 0.3) is 0 Å². The van der Waals surface area contributed by atoms with Gasteiger partial charge in [0, 0.05) is 5.92 Å². The molecule has 0 fully saturated rings. The normalized spacial score (nSPS) is 8.31. The molecule has 0 amide bonds. The first-order valence-electron chi connectivity index (χ1n) is 4.79. The second-order valence-electron chi connectivity index (χ2n) is 2.44. The van der Waals surface area contributed by atoms with E-state index in [9.17, 15) is 4.79 Å². The van der Waals surface area contributed by atoms with Crippen LogP contribution in [0.5, 0.6) is 0 Å². The second-order valence-corrected chi connectivity index (χ2v) is 2.44. The van der Waals surface area contributed by atoms with Gasteiger partial charge in [-0.05, 0) is 19.4 Å². The molecule has 1 atom stereocenters. The third kappa shape index (κ3) is 36.9. The monoisotopic (exact) mass is 215 g/mol. The van der Waals surface area contributed by atoms with Crippen molar-refractivity contribution in [2.24, 2.45) is 5.92 Å². The molecule has 0 aliphatic heterocycles. The van der Waals surface area contributed by atoms with Crippen molar-refractivity contribution in [3.63, 3.8) is 0 Å². The van der Waals surface area contributed by atoms with E-state index in [2.05, 4.69) is 6.58 Å². The molecule has 0 spiro atoms. The molecule has 0 aromatic carbocycles. The van der Waals surface area contributed by atoms with Crippen LogP contribution in [0.3, 0.4) is 0 Å². The number of Topliss-reactive ketones (excluding diaryl/α,β-unsaturated/α-hetero) is 1. The van der Waals surface area contributed by atoms with Crippen LogP contribution >= 0.6 is 0 Å². The second kappa shape index (κ2) is 24.3. The van der Waals surface area contributed by atoms with Gasteiger partial charge >= 0.3 is 37.7 Å². The number of hydrogen-bond donors (Lipinski definition) is 0. The molecule has 0 bridgehead atoms. The average Bonchev–Trinajstić information content (AvgIpc) is 2.20. The van der Waals surface area contributed by atoms with Crippen LogP contribution in [0.4, 0.5) is 0 Å². The van der Waals surface area contributed by atoms with E-state index < -0.39 is 5.97 Å². The van der Waals surface area contributed by atoms with Crippen molar-refractivity contribution < 1.29 is 52.4 Å². The first-order valence-corrected chi connectivity index (χ1v) is 4.79. The SMILES string of the molecule is C=CC(=O)[O-].CC.CCC(C)C(C)=O.[Li+].[Li+]. The molecule has 84 valence electrons. The largest absolute Gasteiger partial charge is 1.00 e. The Balaban J connectivity index is -0.0000000404. The third-order valence-electron chi connectivity index (χ3n) is 1.47. The van der Waals surface area contributed by atoms with E-state index in [-0.39, 0.29) is 43.6 Å². The maximum Gasteiger partial charge on any atom is 1.00 e. The van der Waals surface area contributed by atoms with Crippen LogP contribution in [-0.4, -0.2) is 11.8 Å². The Morgan fingerprint density at radius 2 is 1.56 bits per heavy atom. The van der Waals surface area contributed by atoms with E-state index in [0.717, 1.165) is 12.5 Å². The molecule has 5 heteroatoms. The maximum absolute atomic E-state index is 10.4. The van der Waals surface area contributed by atoms with Crippen LogP contribution < -0.4 is 42.8 Å². The van der Waals surface area contributed by atoms with E-state index in [1.165, 1.54) is 0 Å². The molecule has 0 aliphatic carbocycles. The van der Waals surface area contributed by atoms with Crippen molar-refractivity contribution in [3.8, 4) is 0 Å². The molecular weight excluding hydrogens is 194 g/mol. The predicted molar refractivity (Wildman–Crippen MR) is 56.7 cm³/mol. The fourth-order valence-corrected chi connectivity index (χ4v) is 0.287. The summed E-state index contributed by atoms with van der Waals surface area (Å²) >= 11 is 0. The maximum atomic E-state index is 10.4. The number of hydrogen-bond acceptors (Lipinski definition) is 3. The standard InChI is InChI=1S/C6H12O.C3H4O2.C2H6.2Li/c1-4-5(2)6(3)7;1-2-3(4)5;1-2;;/h5H,4H2,1-3H3;2H,1H2,(H,4,5);1-2H3;;/q;;;2*+1/p-1. The zero-order chi connectivity index (χ0) is 12.1. The van der Waals surface area contributed by atoms with Gasteiger partial charge in [-0.2, -0.15) is 0 Å². The quantitative estimate of drug-likeness (QED) is 0.353. The Morgan fingerprint density at radius 1 is 1.31 bits per heavy atom. The molecule has 0 aliphatic rings. The summed E-state index contributed by atoms with van der Waals surface area (Å²) in [6.45, 7) is 12.5. The van der Waals surface area contributed by atoms with Crippen LogP contribution in [0, 0.1) is 5.92 Å². The van der Waals surface area contributed by atoms with E-state index in [1.807, 2.05) is 27.7 Å². The smallest absolute Gasteiger partial charge is 0.545 e. The fourth-order valence-electron chi connectivity index (χ4n) is 0.287. The summed E-state index contributed by atoms with van der Waals surface area (Å²) in [6.07, 6.45) is 1.69. The molecule has 0 rings (SSSR count). The minimum Gasteiger partial charge on any atom is -0.545 e. The Labute approximate surface area is 123 Å². The fraction of sp³-hybridized carbons (Fsp3) is 0.636. The number of carbonyl (C=O) groups excluding carboxylic acids is 2. The average molecular weight is 215 g/mol. The number of carbonyl (C=O) groups is 2. The molecular formula is C11H21Li2O3+. The number of rotatable bonds is 3. The van der Waals surface area contributed by atoms with Gasteiger partial charge in [-0.3, -0.25) is 4.79 Å². The van der Waals surface area contributed by atoms with Crippen molar-refractivity contribution >= 4 is 11.8 Å². The van der Waals surface area contributed by atoms with Gasteiger partial charge in [0.1, 0.15) is 5.78 Å². The van der Waals surface area contributed by atoms with E-state index >= 15 is 0 Å². The topological polar surface area (TPSA) is 57.2 Å². The van der Waals surface area contributed by atoms with Crippen LogP contribution in [0.1, 0.15) is 41.0 Å². The molecule has 3 nitrogen and oxygen atoms in total. The van der Waals surface area contributed by atoms with Crippen molar-refractivity contribution in [3.05, 3.63) is 12.7 Å². The first kappa shape index (κ1) is 29.8. The van der Waals surface area contributed by atoms with Gasteiger partial charge in [-0.15, -0.1) is 0 Å². The minimum atomic E-state index is -1.23. The zero-order valence-electron chi connectivity index (χ0n) is 11.8. The van der Waals surface area contributed by atoms with Crippen LogP contribution in [0.15, 0.2) is 12.7 Å². The molecule has 0 aromatic heterocycles. The molecule has 0 saturated heterocycles. The molecule has 1 unspecified atom stereocenters. The molecule has 0 heterocycles. The summed E-state index contributed by atoms with van der Waals surface area (Å²) in [7, 11) is 0. The van der Waals surface area contributed by atoms with Crippen LogP contribution in [0.2, 0.25) is 0 Å². The Kier molecular flexibility index (Phi) is 45.3. The van der Waals surface area contributed by atoms with Crippen molar-refractivity contribution in [2.75, 3.05) is 0 Å². The summed E-state index contributed by atoms with van der Waals surface area (Å²) in [4.78, 5) is 19.5. The Bertz CT molecular complexity index is 171. The van der Waals surface area contributed by atoms with Gasteiger partial charge in [-0.1, -0.05) is 34.3 Å². The van der Waals surface area contributed by atoms with Gasteiger partial charge in [0.15, 0.2) is 0 Å². The first-order chi connectivity index (χ1) is 6.45. The minimum absolute atomic E-state index is 0. The molecule has 0 aromatic rings. The van der Waals surface area contributed by atoms with Crippen molar-refractivity contribution in [2.45, 2.75) is 41.0 Å². The summed E-state index contributed by atoms with van der Waals surface area (Å²) in [6, 6.07) is 0. The van der Waals surface area contributed by atoms with Crippen molar-refractivity contribution in [1.82, 2.24) is 0 Å². The van der Waals surface area contributed by atoms with Gasteiger partial charge in [0.2, 0.25) is 0 Å². The van der Waals surface area contributed by atoms with Gasteiger partial charge < -0.3 is 9.90 Å². The third-order valence-corrected chi connectivity index (χ3v) is 1.47. The van der Waals surface area contributed by atoms with E-state index in [1.54, 1.807) is 6.92 Å².